The van der Waals surface area contributed by atoms with Crippen LogP contribution >= 0.6 is 0 Å². The van der Waals surface area contributed by atoms with Crippen molar-refractivity contribution in [2.24, 2.45) is 4.99 Å². The summed E-state index contributed by atoms with van der Waals surface area (Å²) in [6, 6.07) is 0. The van der Waals surface area contributed by atoms with E-state index >= 15 is 0 Å². The van der Waals surface area contributed by atoms with Crippen LogP contribution in [0.2, 0.25) is 0 Å². The number of carboxylic acids is 1. The Hall–Kier alpha value is -1.38. The first-order valence-corrected chi connectivity index (χ1v) is 2.76. The second-order valence-electron chi connectivity index (χ2n) is 1.50. The van der Waals surface area contributed by atoms with Gasteiger partial charge in [-0.05, 0) is 6.92 Å². The van der Waals surface area contributed by atoms with Crippen molar-refractivity contribution >= 4 is 12.2 Å². The zero-order valence-electron chi connectivity index (χ0n) is 5.74. The van der Waals surface area contributed by atoms with Crippen molar-refractivity contribution < 1.29 is 9.90 Å². The summed E-state index contributed by atoms with van der Waals surface area (Å²) in [7, 11) is 0. The molecule has 0 fully saturated rings. The highest BCUT2D eigenvalue weighted by Crippen LogP contribution is 1.94. The van der Waals surface area contributed by atoms with E-state index in [1.165, 1.54) is 18.5 Å². The van der Waals surface area contributed by atoms with Crippen LogP contribution in [0.3, 0.4) is 0 Å². The molecule has 1 N–H and O–H groups in total. The molecule has 0 atom stereocenters. The zero-order valence-corrected chi connectivity index (χ0v) is 5.74. The monoisotopic (exact) mass is 139 g/mol. The summed E-state index contributed by atoms with van der Waals surface area (Å²) in [5.41, 5.74) is 0.0955. The summed E-state index contributed by atoms with van der Waals surface area (Å²) >= 11 is 0. The van der Waals surface area contributed by atoms with E-state index in [1.54, 1.807) is 6.92 Å². The van der Waals surface area contributed by atoms with Crippen molar-refractivity contribution in [2.75, 3.05) is 0 Å². The number of aliphatic imine (C=N–C) groups is 1. The third kappa shape index (κ3) is 2.81. The van der Waals surface area contributed by atoms with Gasteiger partial charge in [0.05, 0.1) is 5.57 Å². The second kappa shape index (κ2) is 4.49. The molecule has 0 rings (SSSR count). The van der Waals surface area contributed by atoms with Gasteiger partial charge in [-0.1, -0.05) is 12.7 Å². The zero-order chi connectivity index (χ0) is 7.98. The molecule has 0 spiro atoms. The Labute approximate surface area is 59.4 Å². The average molecular weight is 139 g/mol. The van der Waals surface area contributed by atoms with E-state index in [4.69, 9.17) is 5.11 Å². The lowest BCUT2D eigenvalue weighted by molar-refractivity contribution is -0.132. The first kappa shape index (κ1) is 8.62. The number of carboxylic acid groups (broad SMARTS) is 1. The van der Waals surface area contributed by atoms with Gasteiger partial charge < -0.3 is 5.11 Å². The molecule has 0 aromatic rings. The van der Waals surface area contributed by atoms with Gasteiger partial charge in [0.25, 0.3) is 0 Å². The van der Waals surface area contributed by atoms with E-state index in [0.717, 1.165) is 0 Å². The minimum Gasteiger partial charge on any atom is -0.478 e. The highest BCUT2D eigenvalue weighted by atomic mass is 16.4. The minimum absolute atomic E-state index is 0.0955. The van der Waals surface area contributed by atoms with Crippen LogP contribution in [0.15, 0.2) is 29.4 Å². The standard InChI is InChI=1S/C7H9NO2/c1-3-6(7(9)10)5-8-4-2/h3-5H,1H2,2H3,(H,9,10)/b6-5+,8-4?. The van der Waals surface area contributed by atoms with Crippen LogP contribution in [0, 0.1) is 0 Å². The molecule has 0 saturated heterocycles. The molecule has 0 radical (unpaired) electrons. The van der Waals surface area contributed by atoms with Crippen LogP contribution in [-0.4, -0.2) is 17.3 Å². The molecule has 0 aromatic carbocycles. The summed E-state index contributed by atoms with van der Waals surface area (Å²) in [6.07, 6.45) is 4.00. The quantitative estimate of drug-likeness (QED) is 0.363. The Morgan fingerprint density at radius 2 is 2.30 bits per heavy atom. The molecule has 0 aliphatic rings. The average Bonchev–Trinajstić information content (AvgIpc) is 1.89. The largest absolute Gasteiger partial charge is 0.478 e. The van der Waals surface area contributed by atoms with E-state index in [-0.39, 0.29) is 5.57 Å². The van der Waals surface area contributed by atoms with Gasteiger partial charge in [0.2, 0.25) is 0 Å². The van der Waals surface area contributed by atoms with E-state index in [1.807, 2.05) is 0 Å². The van der Waals surface area contributed by atoms with Crippen LogP contribution in [-0.2, 0) is 4.79 Å². The molecule has 0 amide bonds. The van der Waals surface area contributed by atoms with Gasteiger partial charge in [-0.2, -0.15) is 0 Å². The first-order chi connectivity index (χ1) is 4.72. The lowest BCUT2D eigenvalue weighted by Crippen LogP contribution is -1.95. The summed E-state index contributed by atoms with van der Waals surface area (Å²) in [5.74, 6) is -1.01. The van der Waals surface area contributed by atoms with Crippen molar-refractivity contribution in [1.29, 1.82) is 0 Å². The highest BCUT2D eigenvalue weighted by molar-refractivity contribution is 5.89. The Balaban J connectivity index is 4.33. The molecule has 3 heteroatoms. The molecule has 0 bridgehead atoms. The van der Waals surface area contributed by atoms with Crippen molar-refractivity contribution in [3.8, 4) is 0 Å². The number of rotatable bonds is 3. The minimum atomic E-state index is -1.01. The molecule has 0 heterocycles. The maximum atomic E-state index is 10.2. The van der Waals surface area contributed by atoms with Gasteiger partial charge in [0.1, 0.15) is 0 Å². The fraction of sp³-hybridized carbons (Fsp3) is 0.143. The predicted molar refractivity (Wildman–Crippen MR) is 40.1 cm³/mol. The van der Waals surface area contributed by atoms with Crippen molar-refractivity contribution in [2.45, 2.75) is 6.92 Å². The SMILES string of the molecule is C=C/C(=C\N=CC)C(=O)O. The third-order valence-electron chi connectivity index (χ3n) is 0.830. The summed E-state index contributed by atoms with van der Waals surface area (Å²) in [4.78, 5) is 13.8. The number of hydrogen-bond donors (Lipinski definition) is 1. The van der Waals surface area contributed by atoms with E-state index in [2.05, 4.69) is 11.6 Å². The van der Waals surface area contributed by atoms with Crippen molar-refractivity contribution in [3.63, 3.8) is 0 Å². The maximum absolute atomic E-state index is 10.2. The van der Waals surface area contributed by atoms with Crippen LogP contribution in [0.25, 0.3) is 0 Å². The lowest BCUT2D eigenvalue weighted by Gasteiger charge is -1.87. The Bertz CT molecular complexity index is 192. The Morgan fingerprint density at radius 3 is 2.60 bits per heavy atom. The van der Waals surface area contributed by atoms with Gasteiger partial charge >= 0.3 is 5.97 Å². The molecular weight excluding hydrogens is 130 g/mol. The summed E-state index contributed by atoms with van der Waals surface area (Å²) in [6.45, 7) is 5.02. The molecule has 3 nitrogen and oxygen atoms in total. The van der Waals surface area contributed by atoms with Crippen LogP contribution < -0.4 is 0 Å². The molecule has 0 aromatic heterocycles. The molecular formula is C7H9NO2. The van der Waals surface area contributed by atoms with Crippen LogP contribution in [0.4, 0.5) is 0 Å². The predicted octanol–water partition coefficient (Wildman–Crippen LogP) is 1.23. The van der Waals surface area contributed by atoms with Gasteiger partial charge in [0.15, 0.2) is 0 Å². The fourth-order valence-corrected chi connectivity index (χ4v) is 0.350. The second-order valence-corrected chi connectivity index (χ2v) is 1.50. The lowest BCUT2D eigenvalue weighted by atomic mass is 10.3. The Kier molecular flexibility index (Phi) is 3.87. The van der Waals surface area contributed by atoms with Gasteiger partial charge in [-0.15, -0.1) is 0 Å². The molecule has 0 unspecified atom stereocenters. The molecule has 0 aliphatic heterocycles. The molecule has 54 valence electrons. The summed E-state index contributed by atoms with van der Waals surface area (Å²) in [5, 5.41) is 8.39. The molecule has 0 aliphatic carbocycles. The number of carbonyl (C=O) groups is 1. The van der Waals surface area contributed by atoms with Crippen LogP contribution in [0.1, 0.15) is 6.92 Å². The normalized spacial score (nSPS) is 11.9. The first-order valence-electron chi connectivity index (χ1n) is 2.76. The molecule has 10 heavy (non-hydrogen) atoms. The highest BCUT2D eigenvalue weighted by Gasteiger charge is 1.98. The van der Waals surface area contributed by atoms with E-state index in [0.29, 0.717) is 0 Å². The van der Waals surface area contributed by atoms with Crippen molar-refractivity contribution in [1.82, 2.24) is 0 Å². The van der Waals surface area contributed by atoms with Crippen LogP contribution in [0.5, 0.6) is 0 Å². The fourth-order valence-electron chi connectivity index (χ4n) is 0.350. The topological polar surface area (TPSA) is 49.7 Å². The van der Waals surface area contributed by atoms with Gasteiger partial charge in [-0.3, -0.25) is 4.99 Å². The number of aliphatic carboxylic acids is 1. The Morgan fingerprint density at radius 1 is 1.70 bits per heavy atom. The van der Waals surface area contributed by atoms with E-state index in [9.17, 15) is 4.79 Å². The van der Waals surface area contributed by atoms with Crippen molar-refractivity contribution in [3.05, 3.63) is 24.4 Å². The van der Waals surface area contributed by atoms with Gasteiger partial charge in [0, 0.05) is 12.4 Å². The maximum Gasteiger partial charge on any atom is 0.337 e. The van der Waals surface area contributed by atoms with Gasteiger partial charge in [-0.25, -0.2) is 4.79 Å². The third-order valence-corrected chi connectivity index (χ3v) is 0.830. The molecule has 0 saturated carbocycles. The number of hydrogen-bond acceptors (Lipinski definition) is 2. The smallest absolute Gasteiger partial charge is 0.337 e. The number of nitrogens with zero attached hydrogens (tertiary/aromatic N) is 1. The summed E-state index contributed by atoms with van der Waals surface area (Å²) < 4.78 is 0. The van der Waals surface area contributed by atoms with E-state index < -0.39 is 5.97 Å².